The van der Waals surface area contributed by atoms with Crippen molar-refractivity contribution in [1.29, 1.82) is 0 Å². The highest BCUT2D eigenvalue weighted by Gasteiger charge is 2.27. The fourth-order valence-electron chi connectivity index (χ4n) is 3.46. The lowest BCUT2D eigenvalue weighted by Gasteiger charge is -2.18. The van der Waals surface area contributed by atoms with Crippen molar-refractivity contribution < 1.29 is 23.5 Å². The molecule has 0 heterocycles. The summed E-state index contributed by atoms with van der Waals surface area (Å²) >= 11 is 3.42. The fraction of sp³-hybridized carbons (Fsp3) is 0.103. The van der Waals surface area contributed by atoms with Gasteiger partial charge < -0.3 is 14.3 Å². The van der Waals surface area contributed by atoms with E-state index in [2.05, 4.69) is 21.1 Å². The van der Waals surface area contributed by atoms with Gasteiger partial charge in [-0.25, -0.2) is 9.18 Å². The third kappa shape index (κ3) is 6.17. The van der Waals surface area contributed by atoms with Crippen molar-refractivity contribution in [3.05, 3.63) is 129 Å². The van der Waals surface area contributed by atoms with Crippen LogP contribution in [0.4, 0.5) is 4.39 Å². The summed E-state index contributed by atoms with van der Waals surface area (Å²) in [6, 6.07) is 27.5. The van der Waals surface area contributed by atoms with E-state index in [1.807, 2.05) is 60.7 Å². The summed E-state index contributed by atoms with van der Waals surface area (Å²) in [5.41, 5.74) is 1.97. The third-order valence-corrected chi connectivity index (χ3v) is 6.11. The number of nitrogens with zero attached hydrogens (tertiary/aromatic N) is 1. The van der Waals surface area contributed by atoms with Gasteiger partial charge in [0.25, 0.3) is 0 Å². The lowest BCUT2D eigenvalue weighted by Crippen LogP contribution is -2.16. The van der Waals surface area contributed by atoms with E-state index in [9.17, 15) is 4.79 Å². The summed E-state index contributed by atoms with van der Waals surface area (Å²) in [5.74, 6) is -0.873. The molecule has 4 aromatic carbocycles. The number of para-hydroxylation sites is 1. The van der Waals surface area contributed by atoms with Crippen LogP contribution in [0, 0.1) is 12.7 Å². The van der Waals surface area contributed by atoms with Crippen molar-refractivity contribution in [2.45, 2.75) is 20.1 Å². The van der Waals surface area contributed by atoms with Crippen molar-refractivity contribution in [3.63, 3.8) is 0 Å². The van der Waals surface area contributed by atoms with Crippen LogP contribution in [0.1, 0.15) is 32.6 Å². The van der Waals surface area contributed by atoms with Gasteiger partial charge in [-0.05, 0) is 46.1 Å². The maximum Gasteiger partial charge on any atom is 0.347 e. The molecule has 0 unspecified atom stereocenters. The minimum atomic E-state index is -0.731. The van der Waals surface area contributed by atoms with Gasteiger partial charge in [0.15, 0.2) is 0 Å². The Bertz CT molecular complexity index is 1350. The van der Waals surface area contributed by atoms with Gasteiger partial charge in [-0.2, -0.15) is 0 Å². The summed E-state index contributed by atoms with van der Waals surface area (Å²) < 4.78 is 27.3. The number of benzene rings is 4. The minimum absolute atomic E-state index is 0.0125. The quantitative estimate of drug-likeness (QED) is 0.0958. The molecule has 5 nitrogen and oxygen atoms in total. The van der Waals surface area contributed by atoms with E-state index >= 15 is 4.39 Å². The molecule has 0 fully saturated rings. The van der Waals surface area contributed by atoms with E-state index in [4.69, 9.17) is 14.3 Å². The molecule has 36 heavy (non-hydrogen) atoms. The van der Waals surface area contributed by atoms with Gasteiger partial charge >= 0.3 is 5.97 Å². The highest BCUT2D eigenvalue weighted by Crippen LogP contribution is 2.38. The Hall–Kier alpha value is -3.97. The van der Waals surface area contributed by atoms with Crippen LogP contribution in [-0.4, -0.2) is 12.2 Å². The van der Waals surface area contributed by atoms with Crippen molar-refractivity contribution in [2.75, 3.05) is 0 Å². The molecule has 182 valence electrons. The molecule has 0 saturated heterocycles. The van der Waals surface area contributed by atoms with E-state index in [0.717, 1.165) is 11.1 Å². The average molecular weight is 548 g/mol. The van der Waals surface area contributed by atoms with Gasteiger partial charge in [-0.15, -0.1) is 0 Å². The third-order valence-electron chi connectivity index (χ3n) is 5.32. The number of rotatable bonds is 9. The van der Waals surface area contributed by atoms with Crippen LogP contribution in [0.3, 0.4) is 0 Å². The second-order valence-corrected chi connectivity index (χ2v) is 8.63. The summed E-state index contributed by atoms with van der Waals surface area (Å²) in [6.07, 6.45) is 1.26. The van der Waals surface area contributed by atoms with Crippen molar-refractivity contribution in [2.24, 2.45) is 5.16 Å². The van der Waals surface area contributed by atoms with Crippen LogP contribution < -0.4 is 9.47 Å². The average Bonchev–Trinajstić information content (AvgIpc) is 2.91. The highest BCUT2D eigenvalue weighted by molar-refractivity contribution is 9.10. The molecule has 0 bridgehead atoms. The first-order valence-electron chi connectivity index (χ1n) is 11.2. The van der Waals surface area contributed by atoms with Crippen LogP contribution in [0.25, 0.3) is 0 Å². The Labute approximate surface area is 217 Å². The second-order valence-electron chi connectivity index (χ2n) is 7.84. The SMILES string of the molecule is Cc1c(F)c(/C=N/OCc2ccccc2)c(Br)c(OCc2ccccc2)c1C(=O)Oc1ccccc1. The summed E-state index contributed by atoms with van der Waals surface area (Å²) in [6.45, 7) is 1.90. The Kier molecular flexibility index (Phi) is 8.47. The normalized spacial score (nSPS) is 10.9. The summed E-state index contributed by atoms with van der Waals surface area (Å²) in [4.78, 5) is 18.5. The number of hydrogen-bond donors (Lipinski definition) is 0. The molecule has 4 aromatic rings. The molecular formula is C29H23BrFNO4. The first kappa shape index (κ1) is 25.1. The summed E-state index contributed by atoms with van der Waals surface area (Å²) in [5, 5.41) is 3.93. The maximum absolute atomic E-state index is 15.5. The molecule has 0 amide bonds. The van der Waals surface area contributed by atoms with Gasteiger partial charge in [-0.3, -0.25) is 0 Å². The Morgan fingerprint density at radius 3 is 2.06 bits per heavy atom. The number of hydrogen-bond acceptors (Lipinski definition) is 5. The molecule has 4 rings (SSSR count). The molecule has 0 saturated carbocycles. The number of ether oxygens (including phenoxy) is 2. The first-order chi connectivity index (χ1) is 17.5. The van der Waals surface area contributed by atoms with Crippen LogP contribution in [-0.2, 0) is 18.1 Å². The van der Waals surface area contributed by atoms with Gasteiger partial charge in [0.2, 0.25) is 0 Å². The van der Waals surface area contributed by atoms with E-state index in [-0.39, 0.29) is 40.1 Å². The summed E-state index contributed by atoms with van der Waals surface area (Å²) in [7, 11) is 0. The fourth-order valence-corrected chi connectivity index (χ4v) is 4.05. The lowest BCUT2D eigenvalue weighted by atomic mass is 10.0. The molecular weight excluding hydrogens is 525 g/mol. The van der Waals surface area contributed by atoms with E-state index in [1.165, 1.54) is 13.1 Å². The van der Waals surface area contributed by atoms with Crippen molar-refractivity contribution in [3.8, 4) is 11.5 Å². The number of carbonyl (C=O) groups excluding carboxylic acids is 1. The maximum atomic E-state index is 15.5. The van der Waals surface area contributed by atoms with E-state index < -0.39 is 11.8 Å². The van der Waals surface area contributed by atoms with Crippen molar-refractivity contribution in [1.82, 2.24) is 0 Å². The van der Waals surface area contributed by atoms with Crippen molar-refractivity contribution >= 4 is 28.1 Å². The zero-order valence-corrected chi connectivity index (χ0v) is 21.1. The number of esters is 1. The van der Waals surface area contributed by atoms with Gasteiger partial charge in [-0.1, -0.05) is 84.0 Å². The molecule has 0 aliphatic carbocycles. The molecule has 0 N–H and O–H groups in total. The van der Waals surface area contributed by atoms with Crippen LogP contribution in [0.15, 0.2) is 101 Å². The Morgan fingerprint density at radius 1 is 0.889 bits per heavy atom. The number of halogens is 2. The van der Waals surface area contributed by atoms with Gasteiger partial charge in [0, 0.05) is 5.56 Å². The Balaban J connectivity index is 1.66. The van der Waals surface area contributed by atoms with Gasteiger partial charge in [0.1, 0.15) is 36.1 Å². The highest BCUT2D eigenvalue weighted by atomic mass is 79.9. The molecule has 0 aliphatic heterocycles. The van der Waals surface area contributed by atoms with E-state index in [0.29, 0.717) is 5.75 Å². The predicted molar refractivity (Wildman–Crippen MR) is 140 cm³/mol. The largest absolute Gasteiger partial charge is 0.487 e. The standard InChI is InChI=1S/C29H23BrFNO4/c1-20-25(29(33)36-23-15-9-4-10-16-23)28(34-18-21-11-5-2-6-12-21)26(30)24(27(20)31)17-32-35-19-22-13-7-3-8-14-22/h2-17H,18-19H2,1H3/b32-17+. The van der Waals surface area contributed by atoms with E-state index in [1.54, 1.807) is 30.3 Å². The molecule has 7 heteroatoms. The number of oxime groups is 1. The molecule has 0 aromatic heterocycles. The van der Waals surface area contributed by atoms with Crippen LogP contribution >= 0.6 is 15.9 Å². The molecule has 0 aliphatic rings. The topological polar surface area (TPSA) is 57.1 Å². The molecule has 0 spiro atoms. The minimum Gasteiger partial charge on any atom is -0.487 e. The number of carbonyl (C=O) groups is 1. The molecule has 0 radical (unpaired) electrons. The lowest BCUT2D eigenvalue weighted by molar-refractivity contribution is 0.0728. The smallest absolute Gasteiger partial charge is 0.347 e. The van der Waals surface area contributed by atoms with Crippen LogP contribution in [0.2, 0.25) is 0 Å². The monoisotopic (exact) mass is 547 g/mol. The first-order valence-corrected chi connectivity index (χ1v) is 12.0. The predicted octanol–water partition coefficient (Wildman–Crippen LogP) is 7.25. The van der Waals surface area contributed by atoms with Crippen LogP contribution in [0.5, 0.6) is 11.5 Å². The second kappa shape index (κ2) is 12.1. The zero-order valence-electron chi connectivity index (χ0n) is 19.5. The zero-order chi connectivity index (χ0) is 25.3. The van der Waals surface area contributed by atoms with Gasteiger partial charge in [0.05, 0.1) is 16.3 Å². The Morgan fingerprint density at radius 2 is 1.44 bits per heavy atom. The molecule has 0 atom stereocenters.